The molecule has 0 aromatic carbocycles. The first-order chi connectivity index (χ1) is 7.04. The van der Waals surface area contributed by atoms with Crippen molar-refractivity contribution in [3.63, 3.8) is 0 Å². The summed E-state index contributed by atoms with van der Waals surface area (Å²) < 4.78 is 0. The molecule has 6 nitrogen and oxygen atoms in total. The van der Waals surface area contributed by atoms with Gasteiger partial charge in [0.2, 0.25) is 11.8 Å². The molecular weight excluding hydrogens is 200 g/mol. The molecule has 1 fully saturated rings. The van der Waals surface area contributed by atoms with Gasteiger partial charge in [-0.15, -0.1) is 0 Å². The molecule has 6 heteroatoms. The number of amides is 2. The quantitative estimate of drug-likeness (QED) is 0.573. The monoisotopic (exact) mass is 214 g/mol. The van der Waals surface area contributed by atoms with E-state index in [0.717, 1.165) is 0 Å². The molecule has 84 valence electrons. The van der Waals surface area contributed by atoms with Gasteiger partial charge in [-0.1, -0.05) is 6.92 Å². The van der Waals surface area contributed by atoms with Crippen LogP contribution >= 0.6 is 0 Å². The number of hydrogen-bond acceptors (Lipinski definition) is 3. The smallest absolute Gasteiger partial charge is 0.326 e. The van der Waals surface area contributed by atoms with Gasteiger partial charge in [-0.05, 0) is 12.8 Å². The lowest BCUT2D eigenvalue weighted by molar-refractivity contribution is -0.142. The van der Waals surface area contributed by atoms with Crippen LogP contribution in [0.15, 0.2) is 0 Å². The second kappa shape index (κ2) is 4.77. The van der Waals surface area contributed by atoms with Crippen molar-refractivity contribution in [2.75, 3.05) is 0 Å². The summed E-state index contributed by atoms with van der Waals surface area (Å²) >= 11 is 0. The first kappa shape index (κ1) is 11.5. The average Bonchev–Trinajstić information content (AvgIpc) is 2.60. The van der Waals surface area contributed by atoms with Crippen molar-refractivity contribution < 1.29 is 19.5 Å². The maximum atomic E-state index is 11.5. The van der Waals surface area contributed by atoms with Gasteiger partial charge in [0.15, 0.2) is 0 Å². The van der Waals surface area contributed by atoms with Crippen molar-refractivity contribution >= 4 is 17.8 Å². The van der Waals surface area contributed by atoms with Gasteiger partial charge in [-0.2, -0.15) is 0 Å². The number of carboxylic acid groups (broad SMARTS) is 1. The molecule has 0 unspecified atom stereocenters. The van der Waals surface area contributed by atoms with Gasteiger partial charge in [0, 0.05) is 6.42 Å². The van der Waals surface area contributed by atoms with Crippen molar-refractivity contribution in [3.05, 3.63) is 0 Å². The Kier molecular flexibility index (Phi) is 3.65. The summed E-state index contributed by atoms with van der Waals surface area (Å²) in [5.41, 5.74) is 0. The lowest BCUT2D eigenvalue weighted by Crippen LogP contribution is -2.48. The molecule has 2 amide bonds. The predicted molar refractivity (Wildman–Crippen MR) is 51.0 cm³/mol. The average molecular weight is 214 g/mol. The van der Waals surface area contributed by atoms with E-state index in [2.05, 4.69) is 10.6 Å². The summed E-state index contributed by atoms with van der Waals surface area (Å²) in [6.07, 6.45) is 1.07. The molecule has 0 aromatic rings. The number of carbonyl (C=O) groups excluding carboxylic acids is 2. The number of carboxylic acids is 1. The fourth-order valence-electron chi connectivity index (χ4n) is 1.42. The highest BCUT2D eigenvalue weighted by Crippen LogP contribution is 2.06. The van der Waals surface area contributed by atoms with E-state index < -0.39 is 24.0 Å². The molecule has 0 aromatic heterocycles. The second-order valence-electron chi connectivity index (χ2n) is 3.47. The number of carbonyl (C=O) groups is 3. The number of hydrogen-bond donors (Lipinski definition) is 3. The highest BCUT2D eigenvalue weighted by Gasteiger charge is 2.29. The third-order valence-corrected chi connectivity index (χ3v) is 2.33. The van der Waals surface area contributed by atoms with E-state index in [-0.39, 0.29) is 5.91 Å². The van der Waals surface area contributed by atoms with Crippen LogP contribution in [-0.2, 0) is 14.4 Å². The van der Waals surface area contributed by atoms with E-state index >= 15 is 0 Å². The fraction of sp³-hybridized carbons (Fsp3) is 0.667. The number of rotatable bonds is 4. The third kappa shape index (κ3) is 2.93. The molecule has 1 rings (SSSR count). The summed E-state index contributed by atoms with van der Waals surface area (Å²) in [6.45, 7) is 1.67. The Balaban J connectivity index is 2.47. The topological polar surface area (TPSA) is 95.5 Å². The molecule has 15 heavy (non-hydrogen) atoms. The Hall–Kier alpha value is -1.59. The molecule has 1 saturated heterocycles. The summed E-state index contributed by atoms with van der Waals surface area (Å²) in [5, 5.41) is 13.6. The minimum absolute atomic E-state index is 0.168. The Labute approximate surface area is 87.0 Å². The Morgan fingerprint density at radius 2 is 2.33 bits per heavy atom. The molecule has 1 aliphatic rings. The molecule has 0 spiro atoms. The Morgan fingerprint density at radius 3 is 2.73 bits per heavy atom. The van der Waals surface area contributed by atoms with Gasteiger partial charge in [-0.3, -0.25) is 9.59 Å². The highest BCUT2D eigenvalue weighted by atomic mass is 16.4. The van der Waals surface area contributed by atoms with Crippen LogP contribution in [0.25, 0.3) is 0 Å². The summed E-state index contributed by atoms with van der Waals surface area (Å²) in [4.78, 5) is 33.0. The van der Waals surface area contributed by atoms with Crippen molar-refractivity contribution in [1.82, 2.24) is 10.6 Å². The summed E-state index contributed by atoms with van der Waals surface area (Å²) in [7, 11) is 0. The SMILES string of the molecule is CC[C@@H](NC(=O)[C@H]1CCC(=O)N1)C(=O)O. The molecular formula is C9H14N2O4. The molecule has 0 saturated carbocycles. The minimum atomic E-state index is -1.06. The highest BCUT2D eigenvalue weighted by molar-refractivity contribution is 5.92. The zero-order valence-electron chi connectivity index (χ0n) is 8.45. The van der Waals surface area contributed by atoms with E-state index in [1.165, 1.54) is 0 Å². The van der Waals surface area contributed by atoms with Crippen molar-refractivity contribution in [3.8, 4) is 0 Å². The maximum absolute atomic E-state index is 11.5. The molecule has 2 atom stereocenters. The maximum Gasteiger partial charge on any atom is 0.326 e. The van der Waals surface area contributed by atoms with Crippen molar-refractivity contribution in [1.29, 1.82) is 0 Å². The molecule has 0 bridgehead atoms. The first-order valence-corrected chi connectivity index (χ1v) is 4.87. The van der Waals surface area contributed by atoms with E-state index in [1.54, 1.807) is 6.92 Å². The number of nitrogens with one attached hydrogen (secondary N) is 2. The van der Waals surface area contributed by atoms with E-state index in [4.69, 9.17) is 5.11 Å². The van der Waals surface area contributed by atoms with Crippen molar-refractivity contribution in [2.24, 2.45) is 0 Å². The lowest BCUT2D eigenvalue weighted by atomic mass is 10.1. The van der Waals surface area contributed by atoms with Gasteiger partial charge in [0.25, 0.3) is 0 Å². The second-order valence-corrected chi connectivity index (χ2v) is 3.47. The fourth-order valence-corrected chi connectivity index (χ4v) is 1.42. The summed E-state index contributed by atoms with van der Waals surface area (Å²) in [5.74, 6) is -1.65. The van der Waals surface area contributed by atoms with Crippen LogP contribution in [0.3, 0.4) is 0 Å². The van der Waals surface area contributed by atoms with Crippen LogP contribution in [0.1, 0.15) is 26.2 Å². The summed E-state index contributed by atoms with van der Waals surface area (Å²) in [6, 6.07) is -1.46. The normalized spacial score (nSPS) is 21.9. The standard InChI is InChI=1S/C9H14N2O4/c1-2-5(9(14)15)11-8(13)6-3-4-7(12)10-6/h5-6H,2-4H2,1H3,(H,10,12)(H,11,13)(H,14,15)/t5-,6-/m1/s1. The van der Waals surface area contributed by atoms with Crippen LogP contribution in [0.2, 0.25) is 0 Å². The van der Waals surface area contributed by atoms with Crippen LogP contribution < -0.4 is 10.6 Å². The molecule has 1 aliphatic heterocycles. The van der Waals surface area contributed by atoms with Crippen LogP contribution in [0, 0.1) is 0 Å². The minimum Gasteiger partial charge on any atom is -0.480 e. The lowest BCUT2D eigenvalue weighted by Gasteiger charge is -2.15. The molecule has 3 N–H and O–H groups in total. The zero-order chi connectivity index (χ0) is 11.4. The van der Waals surface area contributed by atoms with Gasteiger partial charge >= 0.3 is 5.97 Å². The first-order valence-electron chi connectivity index (χ1n) is 4.87. The van der Waals surface area contributed by atoms with Crippen LogP contribution in [0.4, 0.5) is 0 Å². The van der Waals surface area contributed by atoms with Crippen LogP contribution in [-0.4, -0.2) is 35.0 Å². The zero-order valence-corrected chi connectivity index (χ0v) is 8.45. The Bertz CT molecular complexity index is 290. The van der Waals surface area contributed by atoms with Crippen molar-refractivity contribution in [2.45, 2.75) is 38.3 Å². The molecule has 0 radical (unpaired) electrons. The van der Waals surface area contributed by atoms with Gasteiger partial charge in [0.05, 0.1) is 0 Å². The molecule has 0 aliphatic carbocycles. The van der Waals surface area contributed by atoms with E-state index in [1.807, 2.05) is 0 Å². The van der Waals surface area contributed by atoms with Gasteiger partial charge < -0.3 is 15.7 Å². The van der Waals surface area contributed by atoms with Gasteiger partial charge in [0.1, 0.15) is 12.1 Å². The molecule has 1 heterocycles. The van der Waals surface area contributed by atoms with E-state index in [0.29, 0.717) is 19.3 Å². The van der Waals surface area contributed by atoms with Gasteiger partial charge in [-0.25, -0.2) is 4.79 Å². The van der Waals surface area contributed by atoms with E-state index in [9.17, 15) is 14.4 Å². The Morgan fingerprint density at radius 1 is 1.67 bits per heavy atom. The predicted octanol–water partition coefficient (Wildman–Crippen LogP) is -0.756. The largest absolute Gasteiger partial charge is 0.480 e. The number of aliphatic carboxylic acids is 1. The van der Waals surface area contributed by atoms with Crippen LogP contribution in [0.5, 0.6) is 0 Å². The third-order valence-electron chi connectivity index (χ3n) is 2.33.